The minimum atomic E-state index is -4.78. The molecular weight excluding hydrogens is 567 g/mol. The number of nitrogen functional groups attached to an aromatic ring is 2. The highest BCUT2D eigenvalue weighted by atomic mass is 31.2. The predicted octanol–water partition coefficient (Wildman–Crippen LogP) is -1.20. The molecule has 2 aliphatic heterocycles. The lowest BCUT2D eigenvalue weighted by atomic mass is 10.0. The normalized spacial score (nSPS) is 29.9. The van der Waals surface area contributed by atoms with Gasteiger partial charge in [-0.2, -0.15) is 4.98 Å². The molecule has 0 aromatic carbocycles. The van der Waals surface area contributed by atoms with Gasteiger partial charge >= 0.3 is 7.82 Å². The zero-order valence-electron chi connectivity index (χ0n) is 21.4. The molecule has 4 aromatic rings. The van der Waals surface area contributed by atoms with Crippen LogP contribution < -0.4 is 17.0 Å². The molecule has 2 aliphatic rings. The van der Waals surface area contributed by atoms with Crippen molar-refractivity contribution in [3.05, 3.63) is 29.3 Å². The average molecular weight is 594 g/mol. The molecule has 0 saturated carbocycles. The van der Waals surface area contributed by atoms with E-state index in [1.54, 1.807) is 11.5 Å². The van der Waals surface area contributed by atoms with Gasteiger partial charge in [-0.1, -0.05) is 6.92 Å². The van der Waals surface area contributed by atoms with Crippen molar-refractivity contribution in [1.29, 1.82) is 0 Å². The van der Waals surface area contributed by atoms with Crippen molar-refractivity contribution >= 4 is 41.9 Å². The summed E-state index contributed by atoms with van der Waals surface area (Å²) in [5.74, 6) is -0.464. The Balaban J connectivity index is 1.16. The van der Waals surface area contributed by atoms with Crippen molar-refractivity contribution < 1.29 is 38.2 Å². The Labute approximate surface area is 229 Å². The number of H-pyrrole nitrogens is 1. The quantitative estimate of drug-likeness (QED) is 0.131. The van der Waals surface area contributed by atoms with E-state index in [0.29, 0.717) is 11.2 Å². The summed E-state index contributed by atoms with van der Waals surface area (Å²) in [5.41, 5.74) is 11.7. The zero-order chi connectivity index (χ0) is 29.1. The van der Waals surface area contributed by atoms with Crippen LogP contribution in [0.3, 0.4) is 0 Å². The number of aliphatic hydroxyl groups excluding tert-OH is 2. The fourth-order valence-electron chi connectivity index (χ4n) is 5.08. The number of ether oxygens (including phenoxy) is 2. The van der Waals surface area contributed by atoms with E-state index in [2.05, 4.69) is 29.9 Å². The zero-order valence-corrected chi connectivity index (χ0v) is 22.3. The van der Waals surface area contributed by atoms with Gasteiger partial charge in [-0.15, -0.1) is 0 Å². The molecule has 6 rings (SSSR count). The minimum absolute atomic E-state index is 0.00771. The third-order valence-electron chi connectivity index (χ3n) is 7.09. The van der Waals surface area contributed by atoms with Gasteiger partial charge in [-0.25, -0.2) is 24.5 Å². The van der Waals surface area contributed by atoms with Gasteiger partial charge in [-0.05, 0) is 0 Å². The van der Waals surface area contributed by atoms with E-state index in [4.69, 9.17) is 30.0 Å². The lowest BCUT2D eigenvalue weighted by molar-refractivity contribution is -0.0597. The smallest absolute Gasteiger partial charge is 0.394 e. The number of aromatic nitrogens is 8. The lowest BCUT2D eigenvalue weighted by Crippen LogP contribution is -2.29. The number of hydrogen-bond acceptors (Lipinski definition) is 15. The van der Waals surface area contributed by atoms with Crippen molar-refractivity contribution in [1.82, 2.24) is 39.0 Å². The number of fused-ring (bicyclic) bond motifs is 2. The summed E-state index contributed by atoms with van der Waals surface area (Å²) in [6, 6.07) is 0. The number of rotatable bonds is 8. The van der Waals surface area contributed by atoms with Crippen molar-refractivity contribution in [2.45, 2.75) is 50.2 Å². The molecule has 0 bridgehead atoms. The summed E-state index contributed by atoms with van der Waals surface area (Å²) >= 11 is 0. The van der Waals surface area contributed by atoms with Crippen LogP contribution in [-0.2, 0) is 23.1 Å². The van der Waals surface area contributed by atoms with Gasteiger partial charge in [0, 0.05) is 12.3 Å². The SMILES string of the molecule is C[C@H]1C(n2cnc3c(N)ncnc32)O[C@H](COP(=O)(O)O[C@@H]2C[C@@H](CO)O[C@H]2n2cnc3c(=O)[nH]c(N)nc32)[C@H]1O. The molecule has 2 saturated heterocycles. The summed E-state index contributed by atoms with van der Waals surface area (Å²) in [7, 11) is -4.78. The molecule has 8 N–H and O–H groups in total. The molecule has 220 valence electrons. The Morgan fingerprint density at radius 3 is 2.61 bits per heavy atom. The number of phosphoric ester groups is 1. The van der Waals surface area contributed by atoms with Crippen LogP contribution >= 0.6 is 7.82 Å². The van der Waals surface area contributed by atoms with Crippen molar-refractivity contribution in [2.24, 2.45) is 5.92 Å². The Kier molecular flexibility index (Phi) is 6.99. The maximum Gasteiger partial charge on any atom is 0.472 e. The summed E-state index contributed by atoms with van der Waals surface area (Å²) in [4.78, 5) is 45.5. The molecule has 0 radical (unpaired) electrons. The van der Waals surface area contributed by atoms with Crippen LogP contribution in [-0.4, -0.2) is 91.8 Å². The van der Waals surface area contributed by atoms with Crippen LogP contribution in [0.2, 0.25) is 0 Å². The van der Waals surface area contributed by atoms with Crippen LogP contribution in [0.15, 0.2) is 23.8 Å². The number of aromatic amines is 1. The lowest BCUT2D eigenvalue weighted by Gasteiger charge is -2.23. The van der Waals surface area contributed by atoms with Gasteiger partial charge in [0.1, 0.15) is 30.3 Å². The Morgan fingerprint density at radius 2 is 1.85 bits per heavy atom. The number of hydrogen-bond donors (Lipinski definition) is 6. The molecule has 8 atom stereocenters. The van der Waals surface area contributed by atoms with E-state index < -0.39 is 69.4 Å². The molecule has 41 heavy (non-hydrogen) atoms. The topological polar surface area (TPSA) is 274 Å². The van der Waals surface area contributed by atoms with Crippen LogP contribution in [0.4, 0.5) is 11.8 Å². The van der Waals surface area contributed by atoms with Gasteiger partial charge in [0.15, 0.2) is 28.9 Å². The minimum Gasteiger partial charge on any atom is -0.394 e. The van der Waals surface area contributed by atoms with E-state index >= 15 is 0 Å². The summed E-state index contributed by atoms with van der Waals surface area (Å²) in [5, 5.41) is 20.5. The van der Waals surface area contributed by atoms with Gasteiger partial charge in [0.05, 0.1) is 38.1 Å². The summed E-state index contributed by atoms with van der Waals surface area (Å²) in [6.45, 7) is 0.830. The molecule has 2 unspecified atom stereocenters. The highest BCUT2D eigenvalue weighted by Gasteiger charge is 2.46. The average Bonchev–Trinajstić information content (AvgIpc) is 3.69. The number of aliphatic hydroxyl groups is 2. The molecule has 20 heteroatoms. The molecule has 0 spiro atoms. The van der Waals surface area contributed by atoms with Crippen LogP contribution in [0.1, 0.15) is 25.8 Å². The Bertz CT molecular complexity index is 1690. The Morgan fingerprint density at radius 1 is 1.12 bits per heavy atom. The fourth-order valence-corrected chi connectivity index (χ4v) is 6.00. The maximum absolute atomic E-state index is 13.0. The maximum atomic E-state index is 13.0. The van der Waals surface area contributed by atoms with E-state index in [-0.39, 0.29) is 29.4 Å². The Hall–Kier alpha value is -3.55. The molecule has 4 aromatic heterocycles. The largest absolute Gasteiger partial charge is 0.472 e. The first-order valence-electron chi connectivity index (χ1n) is 12.5. The van der Waals surface area contributed by atoms with Gasteiger partial charge in [0.2, 0.25) is 5.95 Å². The van der Waals surface area contributed by atoms with Crippen LogP contribution in [0.5, 0.6) is 0 Å². The molecule has 0 aliphatic carbocycles. The second-order valence-corrected chi connectivity index (χ2v) is 11.2. The highest BCUT2D eigenvalue weighted by molar-refractivity contribution is 7.47. The first-order chi connectivity index (χ1) is 19.6. The number of anilines is 2. The molecular formula is C21H27N10O9P. The highest BCUT2D eigenvalue weighted by Crippen LogP contribution is 2.50. The summed E-state index contributed by atoms with van der Waals surface area (Å²) < 4.78 is 38.3. The second-order valence-electron chi connectivity index (χ2n) is 9.75. The number of phosphoric acid groups is 1. The first-order valence-corrected chi connectivity index (χ1v) is 14.0. The van der Waals surface area contributed by atoms with Gasteiger partial charge in [-0.3, -0.25) is 28.0 Å². The van der Waals surface area contributed by atoms with Crippen molar-refractivity contribution in [3.63, 3.8) is 0 Å². The third-order valence-corrected chi connectivity index (χ3v) is 8.10. The van der Waals surface area contributed by atoms with Gasteiger partial charge in [0.25, 0.3) is 5.56 Å². The second kappa shape index (κ2) is 10.4. The van der Waals surface area contributed by atoms with Crippen molar-refractivity contribution in [3.8, 4) is 0 Å². The number of imidazole rings is 2. The number of nitrogens with zero attached hydrogens (tertiary/aromatic N) is 7. The van der Waals surface area contributed by atoms with E-state index in [1.807, 2.05) is 0 Å². The number of nitrogens with two attached hydrogens (primary N) is 2. The van der Waals surface area contributed by atoms with E-state index in [1.165, 1.54) is 23.5 Å². The molecule has 0 amide bonds. The third kappa shape index (κ3) is 4.95. The molecule has 2 fully saturated rings. The van der Waals surface area contributed by atoms with E-state index in [9.17, 15) is 24.5 Å². The standard InChI is InChI=1S/C21H27N10O9P/c1-8-14(33)11(39-19(8)30-6-26-12-15(22)24-5-25-16(12)30)4-37-41(35,36)40-10-2-9(3-32)38-20(10)31-7-27-13-17(31)28-21(23)29-18(13)34/h5-11,14,19-20,32-33H,2-4H2,1H3,(H,35,36)(H2,22,24,25)(H3,23,28,29,34)/t8-,9+,10-,11-,14+,19?,20-/m1/s1. The fraction of sp³-hybridized carbons (Fsp3) is 0.524. The van der Waals surface area contributed by atoms with Crippen LogP contribution in [0.25, 0.3) is 22.3 Å². The van der Waals surface area contributed by atoms with Gasteiger partial charge < -0.3 is 36.0 Å². The first kappa shape index (κ1) is 27.6. The predicted molar refractivity (Wildman–Crippen MR) is 138 cm³/mol. The summed E-state index contributed by atoms with van der Waals surface area (Å²) in [6.07, 6.45) is -1.80. The van der Waals surface area contributed by atoms with E-state index in [0.717, 1.165) is 0 Å². The monoisotopic (exact) mass is 594 g/mol. The molecule has 19 nitrogen and oxygen atoms in total. The molecule has 6 heterocycles. The van der Waals surface area contributed by atoms with Crippen LogP contribution in [0, 0.1) is 5.92 Å². The number of nitrogens with one attached hydrogen (secondary N) is 1. The van der Waals surface area contributed by atoms with Crippen molar-refractivity contribution in [2.75, 3.05) is 24.7 Å².